The second kappa shape index (κ2) is 7.58. The van der Waals surface area contributed by atoms with Crippen LogP contribution in [0.4, 0.5) is 0 Å². The number of aromatic hydroxyl groups is 1. The molecule has 0 fully saturated rings. The Morgan fingerprint density at radius 1 is 1.31 bits per heavy atom. The summed E-state index contributed by atoms with van der Waals surface area (Å²) in [5.41, 5.74) is 0.979. The Labute approximate surface area is 102 Å². The molecule has 2 nitrogen and oxygen atoms in total. The predicted octanol–water partition coefficient (Wildman–Crippen LogP) is 3.19. The second-order valence-corrected chi connectivity index (χ2v) is 4.92. The minimum Gasteiger partial charge on any atom is -0.508 e. The molecule has 0 aliphatic rings. The molecule has 90 valence electrons. The molecule has 0 spiro atoms. The van der Waals surface area contributed by atoms with Crippen molar-refractivity contribution in [3.8, 4) is 5.75 Å². The van der Waals surface area contributed by atoms with Crippen molar-refractivity contribution in [2.45, 2.75) is 25.8 Å². The number of hydrogen-bond donors (Lipinski definition) is 2. The number of hydrogen-bond acceptors (Lipinski definition) is 3. The van der Waals surface area contributed by atoms with E-state index in [0.717, 1.165) is 12.1 Å². The number of rotatable bonds is 7. The van der Waals surface area contributed by atoms with Crippen molar-refractivity contribution in [1.29, 1.82) is 0 Å². The average Bonchev–Trinajstić information content (AvgIpc) is 2.29. The first kappa shape index (κ1) is 13.4. The van der Waals surface area contributed by atoms with E-state index in [1.165, 1.54) is 18.6 Å². The Bertz CT molecular complexity index is 304. The lowest BCUT2D eigenvalue weighted by atomic mass is 10.1. The summed E-state index contributed by atoms with van der Waals surface area (Å²) in [5, 5.41) is 13.1. The lowest BCUT2D eigenvalue weighted by Crippen LogP contribution is -2.20. The number of phenolic OH excluding ortho intramolecular Hbond substituents is 1. The van der Waals surface area contributed by atoms with Gasteiger partial charge in [0.15, 0.2) is 0 Å². The predicted molar refractivity (Wildman–Crippen MR) is 72.1 cm³/mol. The highest BCUT2D eigenvalue weighted by Crippen LogP contribution is 2.22. The van der Waals surface area contributed by atoms with Crippen molar-refractivity contribution >= 4 is 11.8 Å². The van der Waals surface area contributed by atoms with Crippen molar-refractivity contribution in [2.75, 3.05) is 18.6 Å². The number of benzene rings is 1. The van der Waals surface area contributed by atoms with Gasteiger partial charge in [-0.3, -0.25) is 0 Å². The zero-order chi connectivity index (χ0) is 11.8. The molecular weight excluding hydrogens is 218 g/mol. The number of unbranched alkanes of at least 4 members (excludes halogenated alkanes) is 1. The van der Waals surface area contributed by atoms with E-state index in [2.05, 4.69) is 18.5 Å². The van der Waals surface area contributed by atoms with Crippen LogP contribution in [0.15, 0.2) is 24.3 Å². The minimum atomic E-state index is 0.218. The van der Waals surface area contributed by atoms with Crippen LogP contribution < -0.4 is 5.32 Å². The first-order chi connectivity index (χ1) is 7.75. The van der Waals surface area contributed by atoms with E-state index in [9.17, 15) is 5.11 Å². The van der Waals surface area contributed by atoms with Gasteiger partial charge in [-0.15, -0.1) is 0 Å². The zero-order valence-electron chi connectivity index (χ0n) is 10.1. The normalized spacial score (nSPS) is 12.6. The maximum absolute atomic E-state index is 9.68. The van der Waals surface area contributed by atoms with Crippen LogP contribution in [0.25, 0.3) is 0 Å². The van der Waals surface area contributed by atoms with Gasteiger partial charge in [-0.05, 0) is 44.4 Å². The fourth-order valence-corrected chi connectivity index (χ4v) is 2.15. The quantitative estimate of drug-likeness (QED) is 0.717. The summed E-state index contributed by atoms with van der Waals surface area (Å²) >= 11 is 1.89. The summed E-state index contributed by atoms with van der Waals surface area (Å²) in [5.74, 6) is 1.61. The molecule has 2 N–H and O–H groups in total. The van der Waals surface area contributed by atoms with Crippen LogP contribution in [-0.2, 0) is 0 Å². The third-order valence-corrected chi connectivity index (χ3v) is 3.33. The molecule has 1 atom stereocenters. The third kappa shape index (κ3) is 4.45. The second-order valence-electron chi connectivity index (χ2n) is 3.93. The van der Waals surface area contributed by atoms with Crippen molar-refractivity contribution in [3.63, 3.8) is 0 Å². The summed E-state index contributed by atoms with van der Waals surface area (Å²) in [6.07, 6.45) is 4.58. The molecule has 0 bridgehead atoms. The van der Waals surface area contributed by atoms with Crippen molar-refractivity contribution < 1.29 is 5.11 Å². The van der Waals surface area contributed by atoms with Crippen molar-refractivity contribution in [3.05, 3.63) is 29.8 Å². The fraction of sp³-hybridized carbons (Fsp3) is 0.538. The lowest BCUT2D eigenvalue weighted by molar-refractivity contribution is 0.451. The van der Waals surface area contributed by atoms with E-state index in [-0.39, 0.29) is 6.04 Å². The van der Waals surface area contributed by atoms with E-state index in [4.69, 9.17) is 0 Å². The van der Waals surface area contributed by atoms with Gasteiger partial charge in [-0.1, -0.05) is 18.2 Å². The summed E-state index contributed by atoms with van der Waals surface area (Å²) in [4.78, 5) is 0. The van der Waals surface area contributed by atoms with Gasteiger partial charge in [-0.25, -0.2) is 0 Å². The summed E-state index contributed by atoms with van der Waals surface area (Å²) in [6, 6.07) is 7.73. The third-order valence-electron chi connectivity index (χ3n) is 2.63. The maximum atomic E-state index is 9.68. The first-order valence-electron chi connectivity index (χ1n) is 5.76. The molecule has 16 heavy (non-hydrogen) atoms. The molecule has 0 aliphatic carbocycles. The van der Waals surface area contributed by atoms with Crippen LogP contribution >= 0.6 is 11.8 Å². The van der Waals surface area contributed by atoms with Crippen LogP contribution in [0.1, 0.15) is 31.4 Å². The Kier molecular flexibility index (Phi) is 6.34. The molecule has 1 aromatic carbocycles. The average molecular weight is 239 g/mol. The number of phenols is 1. The smallest absolute Gasteiger partial charge is 0.120 e. The monoisotopic (exact) mass is 239 g/mol. The van der Waals surface area contributed by atoms with Gasteiger partial charge in [0.25, 0.3) is 0 Å². The van der Waals surface area contributed by atoms with E-state index < -0.39 is 0 Å². The summed E-state index contributed by atoms with van der Waals surface area (Å²) in [6.45, 7) is 3.10. The van der Waals surface area contributed by atoms with Gasteiger partial charge in [0, 0.05) is 11.6 Å². The lowest BCUT2D eigenvalue weighted by Gasteiger charge is -2.15. The largest absolute Gasteiger partial charge is 0.508 e. The maximum Gasteiger partial charge on any atom is 0.120 e. The number of thioether (sulfide) groups is 1. The Morgan fingerprint density at radius 2 is 2.06 bits per heavy atom. The zero-order valence-corrected chi connectivity index (χ0v) is 10.9. The van der Waals surface area contributed by atoms with Crippen molar-refractivity contribution in [1.82, 2.24) is 5.32 Å². The van der Waals surface area contributed by atoms with E-state index in [1.54, 1.807) is 6.07 Å². The summed E-state index contributed by atoms with van der Waals surface area (Å²) < 4.78 is 0. The minimum absolute atomic E-state index is 0.218. The topological polar surface area (TPSA) is 32.3 Å². The number of nitrogens with one attached hydrogen (secondary N) is 1. The van der Waals surface area contributed by atoms with Gasteiger partial charge in [0.05, 0.1) is 0 Å². The molecule has 0 aliphatic heterocycles. The van der Waals surface area contributed by atoms with Gasteiger partial charge in [0.2, 0.25) is 0 Å². The van der Waals surface area contributed by atoms with Crippen LogP contribution in [0.2, 0.25) is 0 Å². The molecule has 1 unspecified atom stereocenters. The molecule has 0 heterocycles. The van der Waals surface area contributed by atoms with Crippen LogP contribution in [0.5, 0.6) is 5.75 Å². The Morgan fingerprint density at radius 3 is 2.75 bits per heavy atom. The van der Waals surface area contributed by atoms with E-state index in [0.29, 0.717) is 5.75 Å². The van der Waals surface area contributed by atoms with Crippen LogP contribution in [0, 0.1) is 0 Å². The highest BCUT2D eigenvalue weighted by Gasteiger charge is 2.07. The molecular formula is C13H21NOS. The highest BCUT2D eigenvalue weighted by atomic mass is 32.2. The molecule has 0 aromatic heterocycles. The SMILES string of the molecule is CSCCCCNC(C)c1ccccc1O. The summed E-state index contributed by atoms with van der Waals surface area (Å²) in [7, 11) is 0. The van der Waals surface area contributed by atoms with E-state index >= 15 is 0 Å². The van der Waals surface area contributed by atoms with E-state index in [1.807, 2.05) is 30.0 Å². The first-order valence-corrected chi connectivity index (χ1v) is 7.15. The Hall–Kier alpha value is -0.670. The molecule has 0 saturated carbocycles. The van der Waals surface area contributed by atoms with Crippen LogP contribution in [-0.4, -0.2) is 23.7 Å². The van der Waals surface area contributed by atoms with Gasteiger partial charge in [0.1, 0.15) is 5.75 Å². The number of para-hydroxylation sites is 1. The molecule has 1 rings (SSSR count). The highest BCUT2D eigenvalue weighted by molar-refractivity contribution is 7.98. The van der Waals surface area contributed by atoms with Crippen molar-refractivity contribution in [2.24, 2.45) is 0 Å². The van der Waals surface area contributed by atoms with Gasteiger partial charge in [-0.2, -0.15) is 11.8 Å². The molecule has 0 saturated heterocycles. The van der Waals surface area contributed by atoms with Gasteiger partial charge < -0.3 is 10.4 Å². The fourth-order valence-electron chi connectivity index (χ4n) is 1.65. The molecule has 3 heteroatoms. The molecule has 1 aromatic rings. The molecule has 0 radical (unpaired) electrons. The molecule has 0 amide bonds. The van der Waals surface area contributed by atoms with Gasteiger partial charge >= 0.3 is 0 Å². The van der Waals surface area contributed by atoms with Crippen LogP contribution in [0.3, 0.4) is 0 Å². The standard InChI is InChI=1S/C13H21NOS/c1-11(14-9-5-6-10-16-2)12-7-3-4-8-13(12)15/h3-4,7-8,11,14-15H,5-6,9-10H2,1-2H3. The Balaban J connectivity index is 2.30.